The van der Waals surface area contributed by atoms with Crippen molar-refractivity contribution in [3.05, 3.63) is 6.33 Å². The standard InChI is InChI=1S/C11H14ClFN6O3/c1-15-7-5-8(18-10(14)17-7)19(3-16-5)9-11(12,13)6(21)4(2-20)22-9/h3-4,6,9,20-21H,2H2,1H3,(H3,14,15,17,18)/t4-,6-,9?,11+/m1/s1. The summed E-state index contributed by atoms with van der Waals surface area (Å²) >= 11 is 5.77. The van der Waals surface area contributed by atoms with Gasteiger partial charge in [-0.3, -0.25) is 4.57 Å². The first-order valence-electron chi connectivity index (χ1n) is 6.40. The summed E-state index contributed by atoms with van der Waals surface area (Å²) in [4.78, 5) is 12.1. The highest BCUT2D eigenvalue weighted by molar-refractivity contribution is 6.23. The first-order valence-corrected chi connectivity index (χ1v) is 6.78. The van der Waals surface area contributed by atoms with Crippen LogP contribution in [0.1, 0.15) is 6.23 Å². The third kappa shape index (κ3) is 2.07. The second-order valence-electron chi connectivity index (χ2n) is 4.83. The predicted molar refractivity (Wildman–Crippen MR) is 76.0 cm³/mol. The lowest BCUT2D eigenvalue weighted by Gasteiger charge is -2.22. The highest BCUT2D eigenvalue weighted by Crippen LogP contribution is 2.45. The molecule has 120 valence electrons. The summed E-state index contributed by atoms with van der Waals surface area (Å²) < 4.78 is 21.1. The third-order valence-corrected chi connectivity index (χ3v) is 3.90. The molecule has 3 rings (SSSR count). The SMILES string of the molecule is CNc1nc(N)nc2c1ncn2C1O[C@H](CO)[C@@H](O)[C@@]1(F)Cl. The van der Waals surface area contributed by atoms with Crippen LogP contribution in [0.3, 0.4) is 0 Å². The molecule has 0 saturated carbocycles. The van der Waals surface area contributed by atoms with Gasteiger partial charge in [-0.05, 0) is 0 Å². The minimum Gasteiger partial charge on any atom is -0.394 e. The molecule has 9 nitrogen and oxygen atoms in total. The lowest BCUT2D eigenvalue weighted by Crippen LogP contribution is -2.38. The average molecular weight is 333 g/mol. The topological polar surface area (TPSA) is 131 Å². The molecule has 2 aromatic rings. The summed E-state index contributed by atoms with van der Waals surface area (Å²) in [6.07, 6.45) is -3.03. The molecule has 0 radical (unpaired) electrons. The zero-order valence-corrected chi connectivity index (χ0v) is 12.2. The Morgan fingerprint density at radius 2 is 2.32 bits per heavy atom. The summed E-state index contributed by atoms with van der Waals surface area (Å²) in [5, 5.41) is 19.1. The van der Waals surface area contributed by atoms with E-state index in [1.807, 2.05) is 0 Å². The number of alkyl halides is 2. The number of hydrogen-bond acceptors (Lipinski definition) is 8. The molecule has 0 spiro atoms. The number of ether oxygens (including phenoxy) is 1. The summed E-state index contributed by atoms with van der Waals surface area (Å²) in [7, 11) is 1.62. The fourth-order valence-corrected chi connectivity index (χ4v) is 2.69. The number of aliphatic hydroxyl groups excluding tert-OH is 2. The second-order valence-corrected chi connectivity index (χ2v) is 5.41. The van der Waals surface area contributed by atoms with E-state index < -0.39 is 30.2 Å². The number of nitrogens with one attached hydrogen (secondary N) is 1. The Hall–Kier alpha value is -1.75. The van der Waals surface area contributed by atoms with Gasteiger partial charge in [-0.2, -0.15) is 9.97 Å². The maximum absolute atomic E-state index is 14.6. The molecule has 1 unspecified atom stereocenters. The monoisotopic (exact) mass is 332 g/mol. The van der Waals surface area contributed by atoms with E-state index in [4.69, 9.17) is 27.2 Å². The highest BCUT2D eigenvalue weighted by atomic mass is 35.5. The smallest absolute Gasteiger partial charge is 0.256 e. The molecule has 22 heavy (non-hydrogen) atoms. The lowest BCUT2D eigenvalue weighted by atomic mass is 10.1. The van der Waals surface area contributed by atoms with Crippen LogP contribution in [0.25, 0.3) is 11.2 Å². The van der Waals surface area contributed by atoms with Gasteiger partial charge < -0.3 is 26.0 Å². The Labute approximate surface area is 128 Å². The predicted octanol–water partition coefficient (Wildman–Crippen LogP) is -0.395. The van der Waals surface area contributed by atoms with E-state index in [-0.39, 0.29) is 11.6 Å². The molecular formula is C11H14ClFN6O3. The van der Waals surface area contributed by atoms with Gasteiger partial charge in [0.1, 0.15) is 12.2 Å². The van der Waals surface area contributed by atoms with Crippen LogP contribution in [0.15, 0.2) is 6.33 Å². The molecule has 2 aromatic heterocycles. The van der Waals surface area contributed by atoms with Crippen LogP contribution >= 0.6 is 11.6 Å². The Kier molecular flexibility index (Phi) is 3.56. The van der Waals surface area contributed by atoms with E-state index in [9.17, 15) is 9.50 Å². The van der Waals surface area contributed by atoms with Gasteiger partial charge in [0, 0.05) is 7.05 Å². The van der Waals surface area contributed by atoms with Crippen molar-refractivity contribution in [1.29, 1.82) is 0 Å². The van der Waals surface area contributed by atoms with Crippen LogP contribution in [0.4, 0.5) is 16.2 Å². The number of aromatic nitrogens is 4. The van der Waals surface area contributed by atoms with Gasteiger partial charge in [-0.15, -0.1) is 0 Å². The fourth-order valence-electron chi connectivity index (χ4n) is 2.40. The number of imidazole rings is 1. The van der Waals surface area contributed by atoms with Gasteiger partial charge in [0.15, 0.2) is 23.2 Å². The zero-order valence-electron chi connectivity index (χ0n) is 11.4. The van der Waals surface area contributed by atoms with Crippen molar-refractivity contribution < 1.29 is 19.3 Å². The second kappa shape index (κ2) is 5.16. The lowest BCUT2D eigenvalue weighted by molar-refractivity contribution is -0.0482. The molecule has 5 N–H and O–H groups in total. The van der Waals surface area contributed by atoms with Crippen LogP contribution in [-0.2, 0) is 4.74 Å². The molecular weight excluding hydrogens is 319 g/mol. The molecule has 1 aliphatic heterocycles. The van der Waals surface area contributed by atoms with Gasteiger partial charge in [0.25, 0.3) is 5.13 Å². The Morgan fingerprint density at radius 3 is 2.91 bits per heavy atom. The maximum atomic E-state index is 14.6. The van der Waals surface area contributed by atoms with E-state index >= 15 is 0 Å². The van der Waals surface area contributed by atoms with Crippen LogP contribution in [0.2, 0.25) is 0 Å². The first kappa shape index (κ1) is 15.2. The van der Waals surface area contributed by atoms with Crippen LogP contribution in [0.5, 0.6) is 0 Å². The molecule has 1 saturated heterocycles. The highest BCUT2D eigenvalue weighted by Gasteiger charge is 2.57. The van der Waals surface area contributed by atoms with Crippen molar-refractivity contribution in [2.24, 2.45) is 0 Å². The number of nitrogen functional groups attached to an aromatic ring is 1. The van der Waals surface area contributed by atoms with Gasteiger partial charge in [-0.1, -0.05) is 11.6 Å². The first-order chi connectivity index (χ1) is 10.4. The molecule has 0 bridgehead atoms. The molecule has 1 aliphatic rings. The minimum absolute atomic E-state index is 0.0464. The minimum atomic E-state index is -2.65. The quantitative estimate of drug-likeness (QED) is 0.559. The van der Waals surface area contributed by atoms with Gasteiger partial charge >= 0.3 is 0 Å². The van der Waals surface area contributed by atoms with Crippen molar-refractivity contribution in [1.82, 2.24) is 19.5 Å². The number of nitrogens with two attached hydrogens (primary N) is 1. The molecule has 4 atom stereocenters. The summed E-state index contributed by atoms with van der Waals surface area (Å²) in [5.74, 6) is 0.312. The van der Waals surface area contributed by atoms with Crippen molar-refractivity contribution in [3.63, 3.8) is 0 Å². The van der Waals surface area contributed by atoms with E-state index in [1.165, 1.54) is 10.9 Å². The summed E-state index contributed by atoms with van der Waals surface area (Å²) in [5.41, 5.74) is 6.15. The summed E-state index contributed by atoms with van der Waals surface area (Å²) in [6, 6.07) is 0. The molecule has 3 heterocycles. The van der Waals surface area contributed by atoms with Crippen LogP contribution < -0.4 is 11.1 Å². The average Bonchev–Trinajstić information content (AvgIpc) is 2.98. The van der Waals surface area contributed by atoms with Crippen molar-refractivity contribution in [2.75, 3.05) is 24.7 Å². The Bertz CT molecular complexity index is 710. The zero-order chi connectivity index (χ0) is 16.1. The number of anilines is 2. The number of hydrogen-bond donors (Lipinski definition) is 4. The number of aliphatic hydroxyl groups is 2. The van der Waals surface area contributed by atoms with Gasteiger partial charge in [0.2, 0.25) is 5.95 Å². The molecule has 0 aliphatic carbocycles. The van der Waals surface area contributed by atoms with Crippen molar-refractivity contribution in [2.45, 2.75) is 23.6 Å². The maximum Gasteiger partial charge on any atom is 0.256 e. The van der Waals surface area contributed by atoms with Gasteiger partial charge in [-0.25, -0.2) is 9.37 Å². The van der Waals surface area contributed by atoms with Crippen LogP contribution in [0, 0.1) is 0 Å². The normalized spacial score (nSPS) is 31.8. The van der Waals surface area contributed by atoms with E-state index in [1.54, 1.807) is 7.05 Å². The van der Waals surface area contributed by atoms with E-state index in [0.717, 1.165) is 0 Å². The van der Waals surface area contributed by atoms with Crippen molar-refractivity contribution >= 4 is 34.5 Å². The number of halogens is 2. The van der Waals surface area contributed by atoms with Crippen LogP contribution in [-0.4, -0.2) is 60.7 Å². The molecule has 11 heteroatoms. The Morgan fingerprint density at radius 1 is 1.59 bits per heavy atom. The Balaban J connectivity index is 2.13. The fraction of sp³-hybridized carbons (Fsp3) is 0.545. The number of fused-ring (bicyclic) bond motifs is 1. The van der Waals surface area contributed by atoms with E-state index in [0.29, 0.717) is 11.3 Å². The van der Waals surface area contributed by atoms with Gasteiger partial charge in [0.05, 0.1) is 12.9 Å². The number of rotatable bonds is 3. The van der Waals surface area contributed by atoms with E-state index in [2.05, 4.69) is 20.3 Å². The summed E-state index contributed by atoms with van der Waals surface area (Å²) in [6.45, 7) is -0.582. The third-order valence-electron chi connectivity index (χ3n) is 3.49. The van der Waals surface area contributed by atoms with Crippen molar-refractivity contribution in [3.8, 4) is 0 Å². The molecule has 1 fully saturated rings. The largest absolute Gasteiger partial charge is 0.394 e. The molecule has 0 amide bonds. The molecule has 0 aromatic carbocycles. The number of nitrogens with zero attached hydrogens (tertiary/aromatic N) is 4.